The summed E-state index contributed by atoms with van der Waals surface area (Å²) in [6.07, 6.45) is 0. The van der Waals surface area contributed by atoms with Gasteiger partial charge in [-0.05, 0) is 60.7 Å². The fourth-order valence-corrected chi connectivity index (χ4v) is 2.78. The maximum atomic E-state index is 12.0. The molecule has 0 unspecified atom stereocenters. The maximum Gasteiger partial charge on any atom is 0.264 e. The van der Waals surface area contributed by atoms with E-state index in [-0.39, 0.29) is 17.6 Å². The second kappa shape index (κ2) is 9.73. The number of ether oxygens (including phenoxy) is 1. The van der Waals surface area contributed by atoms with Crippen LogP contribution in [-0.2, 0) is 4.79 Å². The summed E-state index contributed by atoms with van der Waals surface area (Å²) in [6.45, 7) is -0.189. The molecule has 1 amide bonds. The Hall–Kier alpha value is -3.09. The fourth-order valence-electron chi connectivity index (χ4n) is 2.36. The van der Waals surface area contributed by atoms with Gasteiger partial charge in [-0.1, -0.05) is 41.9 Å². The lowest BCUT2D eigenvalue weighted by molar-refractivity contribution is -0.121. The lowest BCUT2D eigenvalue weighted by Crippen LogP contribution is -2.37. The van der Waals surface area contributed by atoms with Crippen LogP contribution in [0.2, 0.25) is 5.02 Å². The monoisotopic (exact) mass is 411 g/mol. The van der Waals surface area contributed by atoms with E-state index in [0.717, 1.165) is 17.1 Å². The fraction of sp³-hybridized carbons (Fsp3) is 0.0476. The van der Waals surface area contributed by atoms with Gasteiger partial charge in [-0.25, -0.2) is 0 Å². The number of carbonyl (C=O) groups excluding carboxylic acids is 1. The number of hydrogen-bond acceptors (Lipinski definition) is 4. The summed E-state index contributed by atoms with van der Waals surface area (Å²) in [5, 5.41) is 9.47. The van der Waals surface area contributed by atoms with Crippen molar-refractivity contribution >= 4 is 51.9 Å². The molecule has 0 spiro atoms. The van der Waals surface area contributed by atoms with Crippen LogP contribution < -0.4 is 20.7 Å². The van der Waals surface area contributed by atoms with E-state index in [1.165, 1.54) is 0 Å². The van der Waals surface area contributed by atoms with Gasteiger partial charge in [0, 0.05) is 17.1 Å². The van der Waals surface area contributed by atoms with E-state index < -0.39 is 0 Å². The molecule has 0 saturated carbocycles. The number of nitrogens with one attached hydrogen (secondary N) is 3. The number of anilines is 3. The molecule has 142 valence electrons. The maximum absolute atomic E-state index is 12.0. The van der Waals surface area contributed by atoms with Crippen molar-refractivity contribution in [1.82, 2.24) is 5.32 Å². The molecule has 0 radical (unpaired) electrons. The van der Waals surface area contributed by atoms with Crippen molar-refractivity contribution in [1.29, 1.82) is 0 Å². The van der Waals surface area contributed by atoms with Gasteiger partial charge in [0.1, 0.15) is 5.75 Å². The predicted molar refractivity (Wildman–Crippen MR) is 117 cm³/mol. The summed E-state index contributed by atoms with van der Waals surface area (Å²) >= 11 is 11.2. The van der Waals surface area contributed by atoms with Gasteiger partial charge in [0.2, 0.25) is 0 Å². The lowest BCUT2D eigenvalue weighted by Gasteiger charge is -2.12. The van der Waals surface area contributed by atoms with Gasteiger partial charge in [-0.3, -0.25) is 10.1 Å². The van der Waals surface area contributed by atoms with Crippen LogP contribution in [0.3, 0.4) is 0 Å². The average Bonchev–Trinajstić information content (AvgIpc) is 2.69. The van der Waals surface area contributed by atoms with E-state index in [4.69, 9.17) is 28.6 Å². The lowest BCUT2D eigenvalue weighted by atomic mass is 10.2. The highest BCUT2D eigenvalue weighted by atomic mass is 35.5. The second-order valence-corrected chi connectivity index (χ2v) is 6.61. The molecule has 0 aromatic heterocycles. The smallest absolute Gasteiger partial charge is 0.264 e. The first-order valence-electron chi connectivity index (χ1n) is 8.50. The Morgan fingerprint density at radius 3 is 2.18 bits per heavy atom. The van der Waals surface area contributed by atoms with Crippen molar-refractivity contribution in [3.8, 4) is 5.75 Å². The number of benzene rings is 3. The molecule has 0 aliphatic carbocycles. The minimum Gasteiger partial charge on any atom is -0.482 e. The van der Waals surface area contributed by atoms with Crippen LogP contribution in [0.5, 0.6) is 5.75 Å². The highest BCUT2D eigenvalue weighted by Crippen LogP contribution is 2.23. The number of rotatable bonds is 6. The molecule has 0 fully saturated rings. The van der Waals surface area contributed by atoms with Gasteiger partial charge >= 0.3 is 0 Å². The number of thiocarbonyl (C=S) groups is 1. The molecular weight excluding hydrogens is 394 g/mol. The molecule has 0 bridgehead atoms. The molecule has 0 saturated heterocycles. The van der Waals surface area contributed by atoms with E-state index >= 15 is 0 Å². The van der Waals surface area contributed by atoms with Gasteiger partial charge in [0.05, 0.1) is 5.02 Å². The third-order valence-corrected chi connectivity index (χ3v) is 4.17. The molecule has 28 heavy (non-hydrogen) atoms. The van der Waals surface area contributed by atoms with E-state index in [9.17, 15) is 4.79 Å². The van der Waals surface area contributed by atoms with Crippen LogP contribution >= 0.6 is 23.8 Å². The number of amides is 1. The summed E-state index contributed by atoms with van der Waals surface area (Å²) in [5.41, 5.74) is 2.71. The number of carbonyl (C=O) groups is 1. The van der Waals surface area contributed by atoms with Gasteiger partial charge in [0.25, 0.3) is 5.91 Å². The Bertz CT molecular complexity index is 949. The first-order chi connectivity index (χ1) is 13.6. The van der Waals surface area contributed by atoms with Gasteiger partial charge in [-0.15, -0.1) is 0 Å². The van der Waals surface area contributed by atoms with Crippen molar-refractivity contribution in [3.63, 3.8) is 0 Å². The largest absolute Gasteiger partial charge is 0.482 e. The zero-order chi connectivity index (χ0) is 19.8. The molecule has 0 aliphatic heterocycles. The van der Waals surface area contributed by atoms with Crippen molar-refractivity contribution < 1.29 is 9.53 Å². The Balaban J connectivity index is 1.46. The quantitative estimate of drug-likeness (QED) is 0.499. The van der Waals surface area contributed by atoms with E-state index in [0.29, 0.717) is 10.8 Å². The first-order valence-corrected chi connectivity index (χ1v) is 9.29. The summed E-state index contributed by atoms with van der Waals surface area (Å²) in [6, 6.07) is 24.4. The minimum absolute atomic E-state index is 0.189. The van der Waals surface area contributed by atoms with E-state index in [1.807, 2.05) is 54.6 Å². The van der Waals surface area contributed by atoms with E-state index in [1.54, 1.807) is 24.3 Å². The number of hydrogen-bond donors (Lipinski definition) is 3. The molecule has 3 rings (SSSR count). The topological polar surface area (TPSA) is 62.4 Å². The average molecular weight is 412 g/mol. The van der Waals surface area contributed by atoms with Crippen LogP contribution in [0.25, 0.3) is 0 Å². The summed E-state index contributed by atoms with van der Waals surface area (Å²) in [5.74, 6) is 0.0690. The predicted octanol–water partition coefficient (Wildman–Crippen LogP) is 4.98. The zero-order valence-electron chi connectivity index (χ0n) is 14.8. The van der Waals surface area contributed by atoms with Crippen molar-refractivity contribution in [2.45, 2.75) is 0 Å². The highest BCUT2D eigenvalue weighted by molar-refractivity contribution is 7.80. The molecule has 0 atom stereocenters. The Labute approximate surface area is 173 Å². The summed E-state index contributed by atoms with van der Waals surface area (Å²) < 4.78 is 5.38. The molecule has 3 aromatic rings. The SMILES string of the molecule is O=C(COc1ccccc1Cl)NC(=S)Nc1ccc(Nc2ccccc2)cc1. The molecule has 3 aromatic carbocycles. The Morgan fingerprint density at radius 2 is 1.46 bits per heavy atom. The first kappa shape index (κ1) is 19.7. The summed E-state index contributed by atoms with van der Waals surface area (Å²) in [4.78, 5) is 12.0. The van der Waals surface area contributed by atoms with Crippen LogP contribution in [-0.4, -0.2) is 17.6 Å². The van der Waals surface area contributed by atoms with Gasteiger partial charge in [0.15, 0.2) is 11.7 Å². The Kier molecular flexibility index (Phi) is 6.84. The number of para-hydroxylation sites is 2. The highest BCUT2D eigenvalue weighted by Gasteiger charge is 2.08. The molecule has 7 heteroatoms. The third-order valence-electron chi connectivity index (χ3n) is 3.65. The zero-order valence-corrected chi connectivity index (χ0v) is 16.4. The standard InChI is InChI=1S/C21H18ClN3O2S/c22-18-8-4-5-9-19(18)27-14-20(26)25-21(28)24-17-12-10-16(11-13-17)23-15-6-2-1-3-7-15/h1-13,23H,14H2,(H2,24,25,26,28). The summed E-state index contributed by atoms with van der Waals surface area (Å²) in [7, 11) is 0. The minimum atomic E-state index is -0.375. The van der Waals surface area contributed by atoms with Crippen molar-refractivity contribution in [2.75, 3.05) is 17.2 Å². The van der Waals surface area contributed by atoms with Crippen molar-refractivity contribution in [2.24, 2.45) is 0 Å². The van der Waals surface area contributed by atoms with Gasteiger partial charge in [-0.2, -0.15) is 0 Å². The van der Waals surface area contributed by atoms with Crippen LogP contribution in [0.4, 0.5) is 17.1 Å². The normalized spacial score (nSPS) is 10.0. The van der Waals surface area contributed by atoms with Crippen LogP contribution in [0, 0.1) is 0 Å². The van der Waals surface area contributed by atoms with Crippen molar-refractivity contribution in [3.05, 3.63) is 83.9 Å². The molecule has 3 N–H and O–H groups in total. The third kappa shape index (κ3) is 5.97. The molecule has 5 nitrogen and oxygen atoms in total. The van der Waals surface area contributed by atoms with Gasteiger partial charge < -0.3 is 15.4 Å². The molecular formula is C21H18ClN3O2S. The van der Waals surface area contributed by atoms with Crippen LogP contribution in [0.1, 0.15) is 0 Å². The second-order valence-electron chi connectivity index (χ2n) is 5.79. The van der Waals surface area contributed by atoms with Crippen LogP contribution in [0.15, 0.2) is 78.9 Å². The van der Waals surface area contributed by atoms with E-state index in [2.05, 4.69) is 16.0 Å². The number of halogens is 1. The Morgan fingerprint density at radius 1 is 0.857 bits per heavy atom. The molecule has 0 aliphatic rings. The molecule has 0 heterocycles.